The highest BCUT2D eigenvalue weighted by Crippen LogP contribution is 2.43. The van der Waals surface area contributed by atoms with Gasteiger partial charge in [0.25, 0.3) is 5.91 Å². The normalized spacial score (nSPS) is 22.9. The summed E-state index contributed by atoms with van der Waals surface area (Å²) in [7, 11) is -1.59. The second-order valence-electron chi connectivity index (χ2n) is 8.71. The molecule has 0 saturated carbocycles. The number of anilines is 1. The van der Waals surface area contributed by atoms with Gasteiger partial charge in [-0.25, -0.2) is 8.42 Å². The first-order valence-corrected chi connectivity index (χ1v) is 12.5. The van der Waals surface area contributed by atoms with E-state index < -0.39 is 9.84 Å². The number of benzene rings is 2. The molecule has 0 radical (unpaired) electrons. The third kappa shape index (κ3) is 4.11. The van der Waals surface area contributed by atoms with E-state index in [0.717, 1.165) is 25.7 Å². The van der Waals surface area contributed by atoms with Gasteiger partial charge < -0.3 is 9.80 Å². The zero-order valence-electron chi connectivity index (χ0n) is 18.1. The molecule has 0 N–H and O–H groups in total. The smallest absolute Gasteiger partial charge is 0.253 e. The van der Waals surface area contributed by atoms with Crippen molar-refractivity contribution in [2.45, 2.75) is 55.6 Å². The molecule has 2 fully saturated rings. The number of piperidine rings is 1. The number of carbonyl (C=O) groups is 2. The van der Waals surface area contributed by atoms with Gasteiger partial charge in [-0.15, -0.1) is 0 Å². The third-order valence-corrected chi connectivity index (χ3v) is 7.78. The Morgan fingerprint density at radius 3 is 2.13 bits per heavy atom. The molecule has 2 unspecified atom stereocenters. The molecule has 2 aromatic rings. The number of hydrogen-bond donors (Lipinski definition) is 0. The number of sulfone groups is 1. The molecule has 1 amide bonds. The van der Waals surface area contributed by atoms with Crippen molar-refractivity contribution in [1.29, 1.82) is 0 Å². The summed E-state index contributed by atoms with van der Waals surface area (Å²) in [6, 6.07) is 14.5. The quantitative estimate of drug-likeness (QED) is 0.665. The van der Waals surface area contributed by atoms with Gasteiger partial charge in [-0.1, -0.05) is 18.2 Å². The molecule has 6 nitrogen and oxygen atoms in total. The highest BCUT2D eigenvalue weighted by Gasteiger charge is 2.44. The topological polar surface area (TPSA) is 74.8 Å². The van der Waals surface area contributed by atoms with Crippen LogP contribution in [-0.4, -0.2) is 56.4 Å². The number of fused-ring (bicyclic) bond motifs is 2. The number of amides is 1. The molecular formula is C24H28N2O4S. The van der Waals surface area contributed by atoms with Crippen LogP contribution in [0.25, 0.3) is 0 Å². The van der Waals surface area contributed by atoms with Crippen LogP contribution in [0.2, 0.25) is 0 Å². The summed E-state index contributed by atoms with van der Waals surface area (Å²) in [6.07, 6.45) is 4.66. The standard InChI is InChI=1S/C24H28N2O4S/c1-16(27)18-9-12-23(31(3,29)30)22(13-18)26-19-10-11-20(26)15-21(14-19)25(2)24(28)17-7-5-4-6-8-17/h4-9,12-13,19-21H,10-11,14-15H2,1-3H3. The SMILES string of the molecule is CC(=O)c1ccc(S(C)(=O)=O)c(N2C3CCC2CC(N(C)C(=O)c2ccccc2)C3)c1. The summed E-state index contributed by atoms with van der Waals surface area (Å²) >= 11 is 0. The first-order chi connectivity index (χ1) is 14.7. The average molecular weight is 441 g/mol. The number of rotatable bonds is 5. The van der Waals surface area contributed by atoms with E-state index in [1.165, 1.54) is 13.2 Å². The average Bonchev–Trinajstić information content (AvgIpc) is 3.01. The monoisotopic (exact) mass is 440 g/mol. The van der Waals surface area contributed by atoms with Crippen molar-refractivity contribution in [1.82, 2.24) is 4.90 Å². The maximum absolute atomic E-state index is 12.9. The maximum atomic E-state index is 12.9. The van der Waals surface area contributed by atoms with Gasteiger partial charge in [0.05, 0.1) is 10.6 Å². The van der Waals surface area contributed by atoms with Crippen LogP contribution in [0.15, 0.2) is 53.4 Å². The lowest BCUT2D eigenvalue weighted by Gasteiger charge is -2.44. The minimum Gasteiger partial charge on any atom is -0.364 e. The predicted molar refractivity (Wildman–Crippen MR) is 120 cm³/mol. The minimum atomic E-state index is -3.44. The number of Topliss-reactive ketones (excluding diaryl/α,β-unsaturated/α-hetero) is 1. The van der Waals surface area contributed by atoms with Crippen molar-refractivity contribution < 1.29 is 18.0 Å². The number of carbonyl (C=O) groups excluding carboxylic acids is 2. The molecule has 2 aromatic carbocycles. The molecule has 4 rings (SSSR count). The van der Waals surface area contributed by atoms with Crippen molar-refractivity contribution in [2.75, 3.05) is 18.2 Å². The van der Waals surface area contributed by atoms with Crippen LogP contribution in [0.4, 0.5) is 5.69 Å². The fourth-order valence-corrected chi connectivity index (χ4v) is 5.92. The lowest BCUT2D eigenvalue weighted by molar-refractivity contribution is 0.0693. The van der Waals surface area contributed by atoms with Crippen molar-refractivity contribution >= 4 is 27.2 Å². The molecule has 31 heavy (non-hydrogen) atoms. The molecule has 7 heteroatoms. The second-order valence-corrected chi connectivity index (χ2v) is 10.7. The van der Waals surface area contributed by atoms with E-state index in [-0.39, 0.29) is 34.7 Å². The summed E-state index contributed by atoms with van der Waals surface area (Å²) < 4.78 is 24.9. The van der Waals surface area contributed by atoms with Gasteiger partial charge in [0.15, 0.2) is 15.6 Å². The first kappa shape index (κ1) is 21.6. The van der Waals surface area contributed by atoms with Crippen LogP contribution < -0.4 is 4.90 Å². The third-order valence-electron chi connectivity index (χ3n) is 6.64. The van der Waals surface area contributed by atoms with E-state index in [0.29, 0.717) is 16.8 Å². The van der Waals surface area contributed by atoms with Gasteiger partial charge in [0.1, 0.15) is 0 Å². The predicted octanol–water partition coefficient (Wildman–Crippen LogP) is 3.56. The van der Waals surface area contributed by atoms with E-state index in [1.54, 1.807) is 18.2 Å². The van der Waals surface area contributed by atoms with Crippen molar-refractivity contribution in [2.24, 2.45) is 0 Å². The minimum absolute atomic E-state index is 0.00820. The fraction of sp³-hybridized carbons (Fsp3) is 0.417. The van der Waals surface area contributed by atoms with Crippen molar-refractivity contribution in [3.8, 4) is 0 Å². The Bertz CT molecular complexity index is 1100. The van der Waals surface area contributed by atoms with Crippen LogP contribution in [0.5, 0.6) is 0 Å². The van der Waals surface area contributed by atoms with Crippen molar-refractivity contribution in [3.05, 3.63) is 59.7 Å². The zero-order chi connectivity index (χ0) is 22.3. The number of ketones is 1. The molecule has 2 bridgehead atoms. The molecule has 164 valence electrons. The Hall–Kier alpha value is -2.67. The fourth-order valence-electron chi connectivity index (χ4n) is 5.06. The molecule has 0 aromatic heterocycles. The van der Waals surface area contributed by atoms with Crippen LogP contribution in [-0.2, 0) is 9.84 Å². The van der Waals surface area contributed by atoms with Gasteiger partial charge in [0.2, 0.25) is 0 Å². The lowest BCUT2D eigenvalue weighted by atomic mass is 9.94. The lowest BCUT2D eigenvalue weighted by Crippen LogP contribution is -2.51. The highest BCUT2D eigenvalue weighted by atomic mass is 32.2. The van der Waals surface area contributed by atoms with Crippen molar-refractivity contribution in [3.63, 3.8) is 0 Å². The Morgan fingerprint density at radius 1 is 0.968 bits per heavy atom. The first-order valence-electron chi connectivity index (χ1n) is 10.6. The van der Waals surface area contributed by atoms with Gasteiger partial charge in [-0.05, 0) is 62.9 Å². The largest absolute Gasteiger partial charge is 0.364 e. The molecule has 2 heterocycles. The van der Waals surface area contributed by atoms with Gasteiger partial charge >= 0.3 is 0 Å². The van der Waals surface area contributed by atoms with Gasteiger partial charge in [0, 0.05) is 42.6 Å². The Morgan fingerprint density at radius 2 is 1.58 bits per heavy atom. The van der Waals surface area contributed by atoms with Gasteiger partial charge in [-0.3, -0.25) is 9.59 Å². The van der Waals surface area contributed by atoms with E-state index in [4.69, 9.17) is 0 Å². The molecule has 2 saturated heterocycles. The molecule has 2 atom stereocenters. The van der Waals surface area contributed by atoms with E-state index >= 15 is 0 Å². The molecule has 2 aliphatic rings. The molecular weight excluding hydrogens is 412 g/mol. The Labute approximate surface area is 183 Å². The van der Waals surface area contributed by atoms with Gasteiger partial charge in [-0.2, -0.15) is 0 Å². The van der Waals surface area contributed by atoms with Crippen LogP contribution in [0.1, 0.15) is 53.3 Å². The Kier molecular flexibility index (Phi) is 5.64. The maximum Gasteiger partial charge on any atom is 0.253 e. The Balaban J connectivity index is 1.63. The van der Waals surface area contributed by atoms with E-state index in [2.05, 4.69) is 4.90 Å². The summed E-state index contributed by atoms with van der Waals surface area (Å²) in [6.45, 7) is 1.49. The van der Waals surface area contributed by atoms with Crippen LogP contribution >= 0.6 is 0 Å². The molecule has 0 aliphatic carbocycles. The summed E-state index contributed by atoms with van der Waals surface area (Å²) in [5, 5.41) is 0. The number of nitrogens with zero attached hydrogens (tertiary/aromatic N) is 2. The zero-order valence-corrected chi connectivity index (χ0v) is 18.9. The van der Waals surface area contributed by atoms with Crippen LogP contribution in [0.3, 0.4) is 0 Å². The van der Waals surface area contributed by atoms with E-state index in [1.807, 2.05) is 42.3 Å². The second kappa shape index (κ2) is 8.11. The number of hydrogen-bond acceptors (Lipinski definition) is 5. The summed E-state index contributed by atoms with van der Waals surface area (Å²) in [4.78, 5) is 29.2. The van der Waals surface area contributed by atoms with Crippen LogP contribution in [0, 0.1) is 0 Å². The van der Waals surface area contributed by atoms with E-state index in [9.17, 15) is 18.0 Å². The summed E-state index contributed by atoms with van der Waals surface area (Å²) in [5.74, 6) is -0.0782. The molecule has 2 aliphatic heterocycles. The highest BCUT2D eigenvalue weighted by molar-refractivity contribution is 7.90. The molecule has 0 spiro atoms. The summed E-state index contributed by atoms with van der Waals surface area (Å²) in [5.41, 5.74) is 1.81.